The number of hydrogen-bond acceptors (Lipinski definition) is 3. The number of likely N-dealkylation sites (N-methyl/N-ethyl adjacent to an activating group) is 1. The van der Waals surface area contributed by atoms with Crippen LogP contribution in [0.3, 0.4) is 0 Å². The molecule has 78 valence electrons. The number of rotatable bonds is 4. The standard InChI is InChI=1S/C10H15BrN2O/c1-13-9(6-12)8-5-7(11)3-4-10(8)14-2/h3-5,9,13H,6,12H2,1-2H3. The third-order valence-corrected chi connectivity index (χ3v) is 2.64. The summed E-state index contributed by atoms with van der Waals surface area (Å²) >= 11 is 3.43. The van der Waals surface area contributed by atoms with Gasteiger partial charge in [-0.05, 0) is 25.2 Å². The summed E-state index contributed by atoms with van der Waals surface area (Å²) < 4.78 is 6.30. The number of hydrogen-bond donors (Lipinski definition) is 2. The van der Waals surface area contributed by atoms with Crippen LogP contribution in [0.1, 0.15) is 11.6 Å². The average molecular weight is 259 g/mol. The van der Waals surface area contributed by atoms with Crippen molar-refractivity contribution in [2.45, 2.75) is 6.04 Å². The number of ether oxygens (including phenoxy) is 1. The Labute approximate surface area is 92.8 Å². The Bertz CT molecular complexity index is 300. The molecule has 1 rings (SSSR count). The van der Waals surface area contributed by atoms with Gasteiger partial charge in [0.2, 0.25) is 0 Å². The first-order chi connectivity index (χ1) is 6.72. The van der Waals surface area contributed by atoms with Crippen molar-refractivity contribution in [2.75, 3.05) is 20.7 Å². The molecule has 0 amide bonds. The maximum atomic E-state index is 5.66. The van der Waals surface area contributed by atoms with Crippen LogP contribution in [0.5, 0.6) is 5.75 Å². The Balaban J connectivity index is 3.08. The summed E-state index contributed by atoms with van der Waals surface area (Å²) in [6.45, 7) is 0.545. The molecule has 0 saturated carbocycles. The second-order valence-electron chi connectivity index (χ2n) is 2.96. The maximum Gasteiger partial charge on any atom is 0.123 e. The van der Waals surface area contributed by atoms with Gasteiger partial charge in [-0.1, -0.05) is 15.9 Å². The zero-order valence-electron chi connectivity index (χ0n) is 8.38. The van der Waals surface area contributed by atoms with Gasteiger partial charge >= 0.3 is 0 Å². The van der Waals surface area contributed by atoms with E-state index in [4.69, 9.17) is 10.5 Å². The number of nitrogens with two attached hydrogens (primary N) is 1. The fourth-order valence-electron chi connectivity index (χ4n) is 1.38. The van der Waals surface area contributed by atoms with Crippen LogP contribution in [-0.4, -0.2) is 20.7 Å². The molecule has 4 heteroatoms. The molecule has 3 nitrogen and oxygen atoms in total. The minimum Gasteiger partial charge on any atom is -0.496 e. The monoisotopic (exact) mass is 258 g/mol. The van der Waals surface area contributed by atoms with Gasteiger partial charge in [-0.15, -0.1) is 0 Å². The van der Waals surface area contributed by atoms with E-state index in [0.717, 1.165) is 15.8 Å². The molecule has 1 aromatic carbocycles. The smallest absolute Gasteiger partial charge is 0.123 e. The van der Waals surface area contributed by atoms with Crippen LogP contribution in [0.4, 0.5) is 0 Å². The lowest BCUT2D eigenvalue weighted by Gasteiger charge is -2.17. The molecule has 1 atom stereocenters. The zero-order chi connectivity index (χ0) is 10.6. The number of halogens is 1. The van der Waals surface area contributed by atoms with Gasteiger partial charge in [-0.2, -0.15) is 0 Å². The summed E-state index contributed by atoms with van der Waals surface area (Å²) in [6.07, 6.45) is 0. The van der Waals surface area contributed by atoms with Crippen LogP contribution in [0.15, 0.2) is 22.7 Å². The van der Waals surface area contributed by atoms with Gasteiger partial charge in [0.15, 0.2) is 0 Å². The minimum absolute atomic E-state index is 0.127. The van der Waals surface area contributed by atoms with Crippen molar-refractivity contribution in [3.05, 3.63) is 28.2 Å². The molecule has 1 unspecified atom stereocenters. The maximum absolute atomic E-state index is 5.66. The van der Waals surface area contributed by atoms with Gasteiger partial charge in [0.1, 0.15) is 5.75 Å². The van der Waals surface area contributed by atoms with Crippen molar-refractivity contribution < 1.29 is 4.74 Å². The molecule has 0 spiro atoms. The van der Waals surface area contributed by atoms with Crippen molar-refractivity contribution in [1.29, 1.82) is 0 Å². The van der Waals surface area contributed by atoms with Crippen molar-refractivity contribution in [3.8, 4) is 5.75 Å². The largest absolute Gasteiger partial charge is 0.496 e. The van der Waals surface area contributed by atoms with Crippen LogP contribution in [-0.2, 0) is 0 Å². The summed E-state index contributed by atoms with van der Waals surface area (Å²) in [5.74, 6) is 0.859. The lowest BCUT2D eigenvalue weighted by atomic mass is 10.1. The first-order valence-electron chi connectivity index (χ1n) is 4.43. The van der Waals surface area contributed by atoms with Crippen LogP contribution in [0.2, 0.25) is 0 Å². The first kappa shape index (κ1) is 11.5. The van der Waals surface area contributed by atoms with E-state index in [1.807, 2.05) is 25.2 Å². The third-order valence-electron chi connectivity index (χ3n) is 2.15. The predicted octanol–water partition coefficient (Wildman–Crippen LogP) is 1.68. The van der Waals surface area contributed by atoms with E-state index >= 15 is 0 Å². The summed E-state index contributed by atoms with van der Waals surface area (Å²) in [6, 6.07) is 6.03. The average Bonchev–Trinajstić information content (AvgIpc) is 2.20. The van der Waals surface area contributed by atoms with Crippen molar-refractivity contribution >= 4 is 15.9 Å². The highest BCUT2D eigenvalue weighted by Crippen LogP contribution is 2.27. The Morgan fingerprint density at radius 1 is 1.57 bits per heavy atom. The van der Waals surface area contributed by atoms with E-state index in [1.54, 1.807) is 7.11 Å². The van der Waals surface area contributed by atoms with Crippen molar-refractivity contribution in [1.82, 2.24) is 5.32 Å². The fourth-order valence-corrected chi connectivity index (χ4v) is 1.76. The van der Waals surface area contributed by atoms with E-state index in [9.17, 15) is 0 Å². The predicted molar refractivity (Wildman–Crippen MR) is 61.5 cm³/mol. The second-order valence-corrected chi connectivity index (χ2v) is 3.88. The van der Waals surface area contributed by atoms with E-state index in [1.165, 1.54) is 0 Å². The lowest BCUT2D eigenvalue weighted by molar-refractivity contribution is 0.402. The molecule has 0 bridgehead atoms. The SMILES string of the molecule is CNC(CN)c1cc(Br)ccc1OC. The molecule has 0 heterocycles. The molecule has 3 N–H and O–H groups in total. The van der Waals surface area contributed by atoms with Crippen LogP contribution >= 0.6 is 15.9 Å². The summed E-state index contributed by atoms with van der Waals surface area (Å²) in [7, 11) is 3.55. The minimum atomic E-state index is 0.127. The highest BCUT2D eigenvalue weighted by molar-refractivity contribution is 9.10. The molecule has 1 aromatic rings. The second kappa shape index (κ2) is 5.34. The topological polar surface area (TPSA) is 47.3 Å². The zero-order valence-corrected chi connectivity index (χ0v) is 9.97. The summed E-state index contributed by atoms with van der Waals surface area (Å²) in [5, 5.41) is 3.14. The van der Waals surface area contributed by atoms with E-state index in [2.05, 4.69) is 21.2 Å². The van der Waals surface area contributed by atoms with Gasteiger partial charge in [0, 0.05) is 22.6 Å². The van der Waals surface area contributed by atoms with Crippen LogP contribution in [0.25, 0.3) is 0 Å². The molecule has 0 saturated heterocycles. The number of methoxy groups -OCH3 is 1. The molecule has 0 aliphatic rings. The Morgan fingerprint density at radius 3 is 2.79 bits per heavy atom. The Morgan fingerprint density at radius 2 is 2.29 bits per heavy atom. The molecule has 0 aliphatic carbocycles. The fraction of sp³-hybridized carbons (Fsp3) is 0.400. The first-order valence-corrected chi connectivity index (χ1v) is 5.23. The van der Waals surface area contributed by atoms with Gasteiger partial charge in [-0.25, -0.2) is 0 Å². The van der Waals surface area contributed by atoms with E-state index in [0.29, 0.717) is 6.54 Å². The normalized spacial score (nSPS) is 12.6. The van der Waals surface area contributed by atoms with Crippen molar-refractivity contribution in [3.63, 3.8) is 0 Å². The molecule has 0 radical (unpaired) electrons. The van der Waals surface area contributed by atoms with Crippen molar-refractivity contribution in [2.24, 2.45) is 5.73 Å². The van der Waals surface area contributed by atoms with Crippen LogP contribution < -0.4 is 15.8 Å². The Kier molecular flexibility index (Phi) is 4.38. The van der Waals surface area contributed by atoms with Gasteiger partial charge in [0.25, 0.3) is 0 Å². The number of benzene rings is 1. The van der Waals surface area contributed by atoms with E-state index < -0.39 is 0 Å². The molecular formula is C10H15BrN2O. The lowest BCUT2D eigenvalue weighted by Crippen LogP contribution is -2.25. The van der Waals surface area contributed by atoms with Gasteiger partial charge in [0.05, 0.1) is 7.11 Å². The third kappa shape index (κ3) is 2.47. The van der Waals surface area contributed by atoms with E-state index in [-0.39, 0.29) is 6.04 Å². The Hall–Kier alpha value is -0.580. The summed E-state index contributed by atoms with van der Waals surface area (Å²) in [5.41, 5.74) is 6.73. The highest BCUT2D eigenvalue weighted by atomic mass is 79.9. The summed E-state index contributed by atoms with van der Waals surface area (Å²) in [4.78, 5) is 0. The number of nitrogens with one attached hydrogen (secondary N) is 1. The quantitative estimate of drug-likeness (QED) is 0.864. The highest BCUT2D eigenvalue weighted by Gasteiger charge is 2.12. The molecule has 14 heavy (non-hydrogen) atoms. The molecule has 0 aliphatic heterocycles. The van der Waals surface area contributed by atoms with Crippen LogP contribution in [0, 0.1) is 0 Å². The molecule has 0 fully saturated rings. The van der Waals surface area contributed by atoms with Gasteiger partial charge in [-0.3, -0.25) is 0 Å². The molecular weight excluding hydrogens is 244 g/mol. The van der Waals surface area contributed by atoms with Gasteiger partial charge < -0.3 is 15.8 Å². The molecule has 0 aromatic heterocycles.